The normalized spacial score (nSPS) is 14.2. The minimum atomic E-state index is -0.593. The lowest BCUT2D eigenvalue weighted by Gasteiger charge is -2.25. The summed E-state index contributed by atoms with van der Waals surface area (Å²) in [6.45, 7) is 14.8. The van der Waals surface area contributed by atoms with Crippen LogP contribution >= 0.6 is 0 Å². The maximum absolute atomic E-state index is 11.2. The van der Waals surface area contributed by atoms with E-state index in [1.807, 2.05) is 73.3 Å². The Bertz CT molecular complexity index is 3330. The van der Waals surface area contributed by atoms with Gasteiger partial charge in [0.2, 0.25) is 0 Å². The molecule has 0 radical (unpaired) electrons. The van der Waals surface area contributed by atoms with Gasteiger partial charge in [0.15, 0.2) is 51.7 Å². The van der Waals surface area contributed by atoms with Crippen molar-refractivity contribution in [3.05, 3.63) is 110 Å². The molecule has 12 rings (SSSR count). The Hall–Kier alpha value is -8.49. The van der Waals surface area contributed by atoms with Gasteiger partial charge in [-0.2, -0.15) is 0 Å². The molecule has 414 valence electrons. The molecule has 0 unspecified atom stereocenters. The van der Waals surface area contributed by atoms with Gasteiger partial charge in [0.05, 0.1) is 35.7 Å². The summed E-state index contributed by atoms with van der Waals surface area (Å²) in [5.41, 5.74) is 22.6. The van der Waals surface area contributed by atoms with Gasteiger partial charge in [-0.3, -0.25) is 27.6 Å². The van der Waals surface area contributed by atoms with E-state index in [2.05, 4.69) is 45.9 Å². The monoisotopic (exact) mass is 1070 g/mol. The Kier molecular flexibility index (Phi) is 20.6. The number of imidazole rings is 3. The van der Waals surface area contributed by atoms with Crippen LogP contribution in [0.15, 0.2) is 106 Å². The van der Waals surface area contributed by atoms with E-state index in [1.165, 1.54) is 95.8 Å². The second kappa shape index (κ2) is 28.0. The van der Waals surface area contributed by atoms with E-state index in [4.69, 9.17) is 30.5 Å². The smallest absolute Gasteiger partial charge is 0.284 e. The lowest BCUT2D eigenvalue weighted by Crippen LogP contribution is -2.21. The fourth-order valence-electron chi connectivity index (χ4n) is 9.60. The minimum absolute atomic E-state index is 0.125. The molecule has 0 bridgehead atoms. The summed E-state index contributed by atoms with van der Waals surface area (Å²) in [7, 11) is 0. The zero-order valence-corrected chi connectivity index (χ0v) is 45.7. The summed E-state index contributed by atoms with van der Waals surface area (Å²) in [6, 6.07) is 4.85. The molecule has 9 aromatic rings. The zero-order valence-electron chi connectivity index (χ0n) is 45.7. The molecule has 9 aromatic heterocycles. The average molecular weight is 1070 g/mol. The van der Waals surface area contributed by atoms with Gasteiger partial charge >= 0.3 is 0 Å². The van der Waals surface area contributed by atoms with E-state index in [9.17, 15) is 14.4 Å². The molecule has 0 aromatic carbocycles. The van der Waals surface area contributed by atoms with Crippen LogP contribution in [0.3, 0.4) is 0 Å². The average Bonchev–Trinajstić information content (AvgIpc) is 4.34. The van der Waals surface area contributed by atoms with Crippen LogP contribution in [-0.2, 0) is 0 Å². The van der Waals surface area contributed by atoms with E-state index in [1.54, 1.807) is 55.4 Å². The number of nitrogens with two attached hydrogens (primary N) is 3. The Labute approximate surface area is 454 Å². The Morgan fingerprint density at radius 1 is 0.449 bits per heavy atom. The molecule has 3 amide bonds. The largest absolute Gasteiger partial charge is 0.458 e. The van der Waals surface area contributed by atoms with Crippen molar-refractivity contribution in [3.63, 3.8) is 0 Å². The summed E-state index contributed by atoms with van der Waals surface area (Å²) in [5.74, 6) is 3.08. The first-order valence-electron chi connectivity index (χ1n) is 27.5. The quantitative estimate of drug-likeness (QED) is 0.0556. The molecular formula is C57H75N15O6. The lowest BCUT2D eigenvalue weighted by molar-refractivity contribution is 0.0966. The highest BCUT2D eigenvalue weighted by Crippen LogP contribution is 2.31. The van der Waals surface area contributed by atoms with Gasteiger partial charge in [0.25, 0.3) is 17.7 Å². The molecule has 3 aliphatic rings. The molecule has 0 atom stereocenters. The Balaban J connectivity index is 0.000000162. The molecule has 9 N–H and O–H groups in total. The van der Waals surface area contributed by atoms with Gasteiger partial charge in [0.1, 0.15) is 18.8 Å². The number of rotatable bonds is 15. The molecule has 3 fully saturated rings. The van der Waals surface area contributed by atoms with Crippen LogP contribution in [0.25, 0.3) is 50.7 Å². The first-order chi connectivity index (χ1) is 38.2. The summed E-state index contributed by atoms with van der Waals surface area (Å²) in [5, 5.41) is 10.3. The number of primary amides is 3. The number of aromatic nitrogens is 9. The number of fused-ring (bicyclic) bond motifs is 3. The summed E-state index contributed by atoms with van der Waals surface area (Å²) in [4.78, 5) is 60.4. The van der Waals surface area contributed by atoms with Crippen LogP contribution in [0.4, 0.5) is 17.5 Å². The van der Waals surface area contributed by atoms with Crippen LogP contribution in [0, 0.1) is 17.8 Å². The second-order valence-corrected chi connectivity index (χ2v) is 18.6. The van der Waals surface area contributed by atoms with Gasteiger partial charge in [-0.15, -0.1) is 0 Å². The van der Waals surface area contributed by atoms with E-state index in [-0.39, 0.29) is 17.3 Å². The number of nitrogens with zero attached hydrogens (tertiary/aromatic N) is 9. The van der Waals surface area contributed by atoms with Gasteiger partial charge in [-0.1, -0.05) is 80.1 Å². The van der Waals surface area contributed by atoms with Gasteiger partial charge in [-0.05, 0) is 74.5 Å². The maximum atomic E-state index is 11.2. The number of hydrogen-bond donors (Lipinski definition) is 6. The summed E-state index contributed by atoms with van der Waals surface area (Å²) >= 11 is 0. The molecule has 0 saturated heterocycles. The maximum Gasteiger partial charge on any atom is 0.284 e. The van der Waals surface area contributed by atoms with Gasteiger partial charge in [0, 0.05) is 73.5 Å². The molecule has 78 heavy (non-hydrogen) atoms. The summed E-state index contributed by atoms with van der Waals surface area (Å²) in [6.07, 6.45) is 36.2. The van der Waals surface area contributed by atoms with Crippen molar-refractivity contribution in [2.45, 2.75) is 119 Å². The van der Waals surface area contributed by atoms with Gasteiger partial charge < -0.3 is 46.4 Å². The van der Waals surface area contributed by atoms with Crippen molar-refractivity contribution in [2.24, 2.45) is 35.0 Å². The van der Waals surface area contributed by atoms with Crippen molar-refractivity contribution in [3.8, 4) is 33.8 Å². The Morgan fingerprint density at radius 3 is 0.987 bits per heavy atom. The van der Waals surface area contributed by atoms with Gasteiger partial charge in [-0.25, -0.2) is 29.9 Å². The summed E-state index contributed by atoms with van der Waals surface area (Å²) < 4.78 is 21.4. The van der Waals surface area contributed by atoms with Crippen molar-refractivity contribution >= 4 is 52.1 Å². The molecule has 3 saturated carbocycles. The Morgan fingerprint density at radius 2 is 0.731 bits per heavy atom. The first-order valence-corrected chi connectivity index (χ1v) is 27.5. The zero-order chi connectivity index (χ0) is 55.6. The minimum Gasteiger partial charge on any atom is -0.458 e. The van der Waals surface area contributed by atoms with E-state index in [0.29, 0.717) is 11.8 Å². The predicted octanol–water partition coefficient (Wildman–Crippen LogP) is 11.1. The highest BCUT2D eigenvalue weighted by atomic mass is 16.3. The van der Waals surface area contributed by atoms with Crippen molar-refractivity contribution in [1.29, 1.82) is 0 Å². The number of furan rings is 3. The SMILES string of the molecule is CC.CC.CC.NC(=O)c1cc(-c2cnc(NCC3CCC3)c3nccn23)co1.NC(=O)c1cc(-c2cnc(NCC3CCCC3)c3nccn23)co1.NC(=O)c1cc(-c2cnc(NCC3CCCCC3)c3nccn23)co1. The van der Waals surface area contributed by atoms with Crippen LogP contribution in [0.2, 0.25) is 0 Å². The number of anilines is 3. The molecule has 3 aliphatic carbocycles. The molecular weight excluding hydrogens is 991 g/mol. The van der Waals surface area contributed by atoms with Crippen LogP contribution < -0.4 is 33.2 Å². The third-order valence-corrected chi connectivity index (χ3v) is 13.8. The van der Waals surface area contributed by atoms with Crippen LogP contribution in [0.5, 0.6) is 0 Å². The highest BCUT2D eigenvalue weighted by Gasteiger charge is 2.21. The van der Waals surface area contributed by atoms with E-state index in [0.717, 1.165) is 93.7 Å². The standard InChI is InChI=1S/C18H21N5O2.C17H19N5O2.C16H17N5O2.3C2H6/c19-16(24)15-8-13(11-25-15)14-10-22-17(18-20-6-7-23(14)18)21-9-12-4-2-1-3-5-12;18-15(23)14-7-12(10-24-14)13-9-21-16(17-19-5-6-22(13)17)20-8-11-3-1-2-4-11;17-14(22)13-6-11(9-23-13)12-8-20-15(16-18-4-5-21(12)16)19-7-10-2-1-3-10;3*1-2/h6-8,10-12H,1-5,9H2,(H2,19,24)(H,21,22);5-7,9-11H,1-4,8H2,(H2,18,23)(H,20,21);4-6,8-10H,1-3,7H2,(H2,17,22)(H,19,20);3*1-2H3. The fourth-order valence-corrected chi connectivity index (χ4v) is 9.60. The molecule has 21 nitrogen and oxygen atoms in total. The fraction of sp³-hybridized carbons (Fsp3) is 0.421. The third kappa shape index (κ3) is 13.7. The van der Waals surface area contributed by atoms with Crippen LogP contribution in [-0.4, -0.2) is 80.5 Å². The van der Waals surface area contributed by atoms with Crippen molar-refractivity contribution in [1.82, 2.24) is 43.1 Å². The molecule has 0 aliphatic heterocycles. The number of hydrogen-bond acceptors (Lipinski definition) is 15. The molecule has 21 heteroatoms. The van der Waals surface area contributed by atoms with Crippen molar-refractivity contribution < 1.29 is 27.6 Å². The predicted molar refractivity (Wildman–Crippen MR) is 303 cm³/mol. The van der Waals surface area contributed by atoms with E-state index < -0.39 is 17.7 Å². The number of nitrogens with one attached hydrogen (secondary N) is 3. The second-order valence-electron chi connectivity index (χ2n) is 18.6. The van der Waals surface area contributed by atoms with E-state index >= 15 is 0 Å². The third-order valence-electron chi connectivity index (χ3n) is 13.8. The highest BCUT2D eigenvalue weighted by molar-refractivity contribution is 5.92. The number of carbonyl (C=O) groups excluding carboxylic acids is 3. The topological polar surface area (TPSA) is 295 Å². The lowest BCUT2D eigenvalue weighted by atomic mass is 9.85. The van der Waals surface area contributed by atoms with Crippen molar-refractivity contribution in [2.75, 3.05) is 35.6 Å². The van der Waals surface area contributed by atoms with Crippen LogP contribution in [0.1, 0.15) is 150 Å². The molecule has 0 spiro atoms. The first kappa shape index (κ1) is 57.2. The number of carbonyl (C=O) groups is 3. The number of amides is 3. The molecule has 9 heterocycles.